The summed E-state index contributed by atoms with van der Waals surface area (Å²) in [5.74, 6) is 0.412. The maximum Gasteiger partial charge on any atom is 0.410 e. The van der Waals surface area contributed by atoms with E-state index in [0.717, 1.165) is 22.4 Å². The van der Waals surface area contributed by atoms with Gasteiger partial charge in [0.1, 0.15) is 5.82 Å². The van der Waals surface area contributed by atoms with Gasteiger partial charge in [0.2, 0.25) is 5.91 Å². The van der Waals surface area contributed by atoms with Crippen molar-refractivity contribution >= 4 is 23.1 Å². The molecule has 1 amide bonds. The van der Waals surface area contributed by atoms with Gasteiger partial charge in [0.15, 0.2) is 6.04 Å². The van der Waals surface area contributed by atoms with Gasteiger partial charge in [-0.1, -0.05) is 26.8 Å². The van der Waals surface area contributed by atoms with Crippen LogP contribution in [0, 0.1) is 5.41 Å². The van der Waals surface area contributed by atoms with Crippen LogP contribution in [0.25, 0.3) is 0 Å². The summed E-state index contributed by atoms with van der Waals surface area (Å²) < 4.78 is 42.6. The molecule has 1 N–H and O–H groups in total. The van der Waals surface area contributed by atoms with E-state index in [4.69, 9.17) is 0 Å². The Bertz CT molecular complexity index is 900. The second-order valence-electron chi connectivity index (χ2n) is 9.24. The number of likely N-dealkylation sites (tertiary alicyclic amines) is 1. The lowest BCUT2D eigenvalue weighted by molar-refractivity contribution is -0.173. The van der Waals surface area contributed by atoms with Gasteiger partial charge in [-0.25, -0.2) is 4.68 Å². The van der Waals surface area contributed by atoms with Crippen LogP contribution in [0.1, 0.15) is 68.6 Å². The van der Waals surface area contributed by atoms with Crippen molar-refractivity contribution in [2.75, 3.05) is 18.4 Å². The first-order valence-electron chi connectivity index (χ1n) is 10.3. The smallest absolute Gasteiger partial charge is 0.363 e. The monoisotopic (exact) mass is 440 g/mol. The summed E-state index contributed by atoms with van der Waals surface area (Å²) in [7, 11) is 0. The number of nitrogens with zero attached hydrogens (tertiary/aromatic N) is 3. The molecule has 5 nitrogen and oxygen atoms in total. The molecule has 2 aliphatic rings. The maximum atomic E-state index is 13.8. The molecule has 0 saturated carbocycles. The van der Waals surface area contributed by atoms with Gasteiger partial charge in [-0.15, -0.1) is 11.3 Å². The quantitative estimate of drug-likeness (QED) is 0.684. The Kier molecular flexibility index (Phi) is 5.36. The van der Waals surface area contributed by atoms with E-state index >= 15 is 0 Å². The first kappa shape index (κ1) is 21.2. The van der Waals surface area contributed by atoms with E-state index in [1.54, 1.807) is 6.07 Å². The number of carbonyl (C=O) groups excluding carboxylic acids is 1. The number of aromatic nitrogens is 2. The van der Waals surface area contributed by atoms with Crippen molar-refractivity contribution in [2.45, 2.75) is 64.2 Å². The van der Waals surface area contributed by atoms with Crippen LogP contribution in [0.2, 0.25) is 0 Å². The molecule has 30 heavy (non-hydrogen) atoms. The van der Waals surface area contributed by atoms with Crippen molar-refractivity contribution in [3.63, 3.8) is 0 Å². The Labute approximate surface area is 178 Å². The number of thiophene rings is 1. The number of fused-ring (bicyclic) bond motifs is 1. The van der Waals surface area contributed by atoms with Crippen LogP contribution in [0.4, 0.5) is 19.0 Å². The molecule has 9 heteroatoms. The first-order valence-corrected chi connectivity index (χ1v) is 11.2. The molecule has 0 bridgehead atoms. The predicted octanol–water partition coefficient (Wildman–Crippen LogP) is 5.36. The fourth-order valence-corrected chi connectivity index (χ4v) is 5.14. The van der Waals surface area contributed by atoms with E-state index in [2.05, 4.69) is 10.4 Å². The molecule has 2 aliphatic heterocycles. The molecule has 0 radical (unpaired) electrons. The summed E-state index contributed by atoms with van der Waals surface area (Å²) in [6.45, 7) is 6.84. The number of piperidine rings is 1. The Morgan fingerprint density at radius 3 is 2.70 bits per heavy atom. The summed E-state index contributed by atoms with van der Waals surface area (Å²) in [5, 5.41) is 9.52. The van der Waals surface area contributed by atoms with E-state index in [-0.39, 0.29) is 24.3 Å². The zero-order valence-corrected chi connectivity index (χ0v) is 18.2. The van der Waals surface area contributed by atoms with E-state index in [1.165, 1.54) is 11.3 Å². The molecule has 1 fully saturated rings. The zero-order valence-electron chi connectivity index (χ0n) is 17.4. The largest absolute Gasteiger partial charge is 0.410 e. The highest BCUT2D eigenvalue weighted by molar-refractivity contribution is 7.10. The van der Waals surface area contributed by atoms with E-state index in [0.29, 0.717) is 24.6 Å². The van der Waals surface area contributed by atoms with Gasteiger partial charge < -0.3 is 10.2 Å². The molecule has 0 aromatic carbocycles. The Morgan fingerprint density at radius 2 is 2.07 bits per heavy atom. The zero-order chi connectivity index (χ0) is 21.7. The highest BCUT2D eigenvalue weighted by Crippen LogP contribution is 2.45. The van der Waals surface area contributed by atoms with Gasteiger partial charge in [-0.3, -0.25) is 4.79 Å². The lowest BCUT2D eigenvalue weighted by Crippen LogP contribution is -2.44. The predicted molar refractivity (Wildman–Crippen MR) is 111 cm³/mol. The van der Waals surface area contributed by atoms with Crippen molar-refractivity contribution in [3.8, 4) is 0 Å². The highest BCUT2D eigenvalue weighted by Gasteiger charge is 2.47. The number of carbonyl (C=O) groups is 1. The minimum Gasteiger partial charge on any atom is -0.363 e. The average Bonchev–Trinajstić information content (AvgIpc) is 3.34. The van der Waals surface area contributed by atoms with Crippen LogP contribution in [0.5, 0.6) is 0 Å². The van der Waals surface area contributed by atoms with Crippen LogP contribution in [-0.4, -0.2) is 39.9 Å². The minimum absolute atomic E-state index is 0.0565. The van der Waals surface area contributed by atoms with Crippen molar-refractivity contribution in [1.82, 2.24) is 14.7 Å². The van der Waals surface area contributed by atoms with Crippen LogP contribution in [0.3, 0.4) is 0 Å². The summed E-state index contributed by atoms with van der Waals surface area (Å²) in [4.78, 5) is 15.4. The van der Waals surface area contributed by atoms with Gasteiger partial charge in [-0.05, 0) is 24.3 Å². The third kappa shape index (κ3) is 4.08. The Hall–Kier alpha value is -2.03. The second-order valence-corrected chi connectivity index (χ2v) is 10.2. The minimum atomic E-state index is -4.38. The number of nitrogens with one attached hydrogen (secondary N) is 1. The van der Waals surface area contributed by atoms with Gasteiger partial charge in [0.25, 0.3) is 0 Å². The van der Waals surface area contributed by atoms with Crippen LogP contribution < -0.4 is 5.32 Å². The molecule has 4 rings (SSSR count). The molecule has 2 aromatic heterocycles. The summed E-state index contributed by atoms with van der Waals surface area (Å²) in [5.41, 5.74) is 0.150. The maximum absolute atomic E-state index is 13.8. The molecule has 0 spiro atoms. The number of rotatable bonds is 2. The highest BCUT2D eigenvalue weighted by atomic mass is 32.1. The fourth-order valence-electron chi connectivity index (χ4n) is 4.35. The molecular weight excluding hydrogens is 413 g/mol. The third-order valence-corrected chi connectivity index (χ3v) is 6.85. The third-order valence-electron chi connectivity index (χ3n) is 5.86. The molecule has 164 valence electrons. The number of hydrogen-bond acceptors (Lipinski definition) is 4. The van der Waals surface area contributed by atoms with E-state index < -0.39 is 17.6 Å². The van der Waals surface area contributed by atoms with Crippen molar-refractivity contribution < 1.29 is 18.0 Å². The Balaban J connectivity index is 1.61. The normalized spacial score (nSPS) is 25.0. The van der Waals surface area contributed by atoms with Crippen LogP contribution in [0.15, 0.2) is 23.6 Å². The van der Waals surface area contributed by atoms with Gasteiger partial charge >= 0.3 is 6.18 Å². The molecule has 1 saturated heterocycles. The second kappa shape index (κ2) is 7.59. The number of hydrogen-bond donors (Lipinski definition) is 1. The van der Waals surface area contributed by atoms with Crippen LogP contribution in [-0.2, 0) is 4.79 Å². The summed E-state index contributed by atoms with van der Waals surface area (Å²) in [6, 6.07) is 3.41. The average molecular weight is 441 g/mol. The lowest BCUT2D eigenvalue weighted by Gasteiger charge is -2.36. The van der Waals surface area contributed by atoms with Crippen molar-refractivity contribution in [1.29, 1.82) is 0 Å². The molecule has 2 aromatic rings. The number of alkyl halides is 3. The molecule has 4 heterocycles. The van der Waals surface area contributed by atoms with Gasteiger partial charge in [0, 0.05) is 41.8 Å². The standard InChI is InChI=1S/C21H27F3N4OS/c1-20(2,3)19(29)27-8-4-6-13(12-27)14-11-18-25-15(16-7-5-9-30-16)10-17(21(22,23)24)28(18)26-14/h5,7,9,11,13,15,17,25H,4,6,8,10,12H2,1-3H3/t13-,15-,17+/m0/s1. The summed E-state index contributed by atoms with van der Waals surface area (Å²) >= 11 is 1.45. The molecular formula is C21H27F3N4OS. The first-order chi connectivity index (χ1) is 14.0. The fraction of sp³-hybridized carbons (Fsp3) is 0.619. The molecule has 0 unspecified atom stereocenters. The summed E-state index contributed by atoms with van der Waals surface area (Å²) in [6.07, 6.45) is -2.83. The van der Waals surface area contributed by atoms with Crippen molar-refractivity contribution in [3.05, 3.63) is 34.2 Å². The van der Waals surface area contributed by atoms with E-state index in [1.807, 2.05) is 43.2 Å². The number of anilines is 1. The number of halogens is 3. The Morgan fingerprint density at radius 1 is 1.30 bits per heavy atom. The molecule has 0 aliphatic carbocycles. The molecule has 3 atom stereocenters. The van der Waals surface area contributed by atoms with Gasteiger partial charge in [0.05, 0.1) is 11.7 Å². The SMILES string of the molecule is CC(C)(C)C(=O)N1CCC[C@H](c2cc3n(n2)[C@@H](C(F)(F)F)C[C@@H](c2cccs2)N3)C1. The lowest BCUT2D eigenvalue weighted by atomic mass is 9.90. The number of amides is 1. The van der Waals surface area contributed by atoms with Crippen LogP contribution >= 0.6 is 11.3 Å². The topological polar surface area (TPSA) is 50.2 Å². The van der Waals surface area contributed by atoms with E-state index in [9.17, 15) is 18.0 Å². The van der Waals surface area contributed by atoms with Gasteiger partial charge in [-0.2, -0.15) is 18.3 Å². The van der Waals surface area contributed by atoms with Crippen molar-refractivity contribution in [2.24, 2.45) is 5.41 Å².